The summed E-state index contributed by atoms with van der Waals surface area (Å²) in [6.45, 7) is 3.73. The van der Waals surface area contributed by atoms with Gasteiger partial charge in [-0.1, -0.05) is 23.9 Å². The molecule has 1 aromatic carbocycles. The van der Waals surface area contributed by atoms with Gasteiger partial charge in [0.1, 0.15) is 4.83 Å². The number of aryl methyl sites for hydroxylation is 2. The molecule has 0 aliphatic heterocycles. The van der Waals surface area contributed by atoms with Crippen LogP contribution in [0.25, 0.3) is 10.2 Å². The fraction of sp³-hybridized carbons (Fsp3) is 0.235. The van der Waals surface area contributed by atoms with Gasteiger partial charge in [-0.15, -0.1) is 11.3 Å². The molecule has 3 rings (SSSR count). The lowest BCUT2D eigenvalue weighted by molar-refractivity contribution is -0.137. The lowest BCUT2D eigenvalue weighted by atomic mass is 10.1. The van der Waals surface area contributed by atoms with Crippen molar-refractivity contribution >= 4 is 44.9 Å². The highest BCUT2D eigenvalue weighted by Crippen LogP contribution is 2.34. The number of nitrogens with zero attached hydrogens (tertiary/aromatic N) is 1. The quantitative estimate of drug-likeness (QED) is 0.493. The van der Waals surface area contributed by atoms with E-state index in [1.807, 2.05) is 13.8 Å². The predicted octanol–water partition coefficient (Wildman–Crippen LogP) is 4.35. The number of thiophene rings is 1. The Balaban J connectivity index is 1.74. The van der Waals surface area contributed by atoms with Crippen LogP contribution in [-0.4, -0.2) is 21.6 Å². The summed E-state index contributed by atoms with van der Waals surface area (Å²) >= 11 is 2.33. The second-order valence-electron chi connectivity index (χ2n) is 5.71. The van der Waals surface area contributed by atoms with Gasteiger partial charge < -0.3 is 10.3 Å². The molecule has 2 aromatic heterocycles. The first kappa shape index (κ1) is 19.4. The molecular formula is C17H14F3N3O2S2. The summed E-state index contributed by atoms with van der Waals surface area (Å²) in [5, 5.41) is 3.02. The summed E-state index contributed by atoms with van der Waals surface area (Å²) in [5.41, 5.74) is -0.660. The molecule has 5 nitrogen and oxygen atoms in total. The normalized spacial score (nSPS) is 11.7. The largest absolute Gasteiger partial charge is 0.418 e. The number of carbonyl (C=O) groups excluding carboxylic acids is 1. The predicted molar refractivity (Wildman–Crippen MR) is 101 cm³/mol. The van der Waals surface area contributed by atoms with Crippen molar-refractivity contribution in [2.75, 3.05) is 11.1 Å². The third-order valence-electron chi connectivity index (χ3n) is 3.86. The number of aromatic amines is 1. The molecule has 0 bridgehead atoms. The van der Waals surface area contributed by atoms with Crippen LogP contribution in [0.1, 0.15) is 16.0 Å². The van der Waals surface area contributed by atoms with E-state index < -0.39 is 17.6 Å². The number of aromatic nitrogens is 2. The van der Waals surface area contributed by atoms with Crippen LogP contribution >= 0.6 is 23.1 Å². The molecule has 0 aliphatic carbocycles. The van der Waals surface area contributed by atoms with E-state index in [0.29, 0.717) is 10.2 Å². The zero-order valence-electron chi connectivity index (χ0n) is 14.2. The first-order chi connectivity index (χ1) is 12.7. The summed E-state index contributed by atoms with van der Waals surface area (Å²) in [5.74, 6) is -0.817. The number of fused-ring (bicyclic) bond motifs is 1. The van der Waals surface area contributed by atoms with Gasteiger partial charge in [-0.3, -0.25) is 9.59 Å². The Morgan fingerprint density at radius 3 is 2.70 bits per heavy atom. The van der Waals surface area contributed by atoms with Crippen LogP contribution in [0.4, 0.5) is 18.9 Å². The summed E-state index contributed by atoms with van der Waals surface area (Å²) in [6.07, 6.45) is -4.57. The van der Waals surface area contributed by atoms with Gasteiger partial charge in [0.05, 0.1) is 22.4 Å². The van der Waals surface area contributed by atoms with Crippen molar-refractivity contribution < 1.29 is 18.0 Å². The summed E-state index contributed by atoms with van der Waals surface area (Å²) in [6, 6.07) is 4.75. The van der Waals surface area contributed by atoms with Crippen LogP contribution in [0, 0.1) is 13.8 Å². The Labute approximate surface area is 160 Å². The van der Waals surface area contributed by atoms with Gasteiger partial charge >= 0.3 is 6.18 Å². The van der Waals surface area contributed by atoms with E-state index in [-0.39, 0.29) is 22.2 Å². The van der Waals surface area contributed by atoms with Gasteiger partial charge in [-0.25, -0.2) is 4.98 Å². The molecule has 0 unspecified atom stereocenters. The molecule has 1 amide bonds. The van der Waals surface area contributed by atoms with E-state index in [2.05, 4.69) is 15.3 Å². The van der Waals surface area contributed by atoms with Crippen LogP contribution in [-0.2, 0) is 11.0 Å². The van der Waals surface area contributed by atoms with Crippen LogP contribution in [0.2, 0.25) is 0 Å². The van der Waals surface area contributed by atoms with Gasteiger partial charge in [0.25, 0.3) is 5.56 Å². The smallest absolute Gasteiger partial charge is 0.325 e. The number of hydrogen-bond donors (Lipinski definition) is 2. The number of anilines is 1. The fourth-order valence-electron chi connectivity index (χ4n) is 2.46. The van der Waals surface area contributed by atoms with Crippen molar-refractivity contribution in [3.8, 4) is 0 Å². The minimum atomic E-state index is -4.57. The van der Waals surface area contributed by atoms with Crippen molar-refractivity contribution in [1.29, 1.82) is 0 Å². The molecular weight excluding hydrogens is 399 g/mol. The number of para-hydroxylation sites is 1. The van der Waals surface area contributed by atoms with E-state index in [4.69, 9.17) is 0 Å². The third-order valence-corrected chi connectivity index (χ3v) is 5.84. The van der Waals surface area contributed by atoms with Crippen molar-refractivity contribution in [2.24, 2.45) is 0 Å². The van der Waals surface area contributed by atoms with Crippen LogP contribution < -0.4 is 10.9 Å². The summed E-state index contributed by atoms with van der Waals surface area (Å²) < 4.78 is 38.9. The van der Waals surface area contributed by atoms with E-state index in [1.165, 1.54) is 29.5 Å². The Bertz CT molecular complexity index is 1070. The average molecular weight is 413 g/mol. The Morgan fingerprint density at radius 1 is 1.30 bits per heavy atom. The Kier molecular flexibility index (Phi) is 5.29. The zero-order chi connectivity index (χ0) is 19.8. The van der Waals surface area contributed by atoms with E-state index in [0.717, 1.165) is 28.3 Å². The number of hydrogen-bond acceptors (Lipinski definition) is 5. The highest BCUT2D eigenvalue weighted by molar-refractivity contribution is 7.99. The van der Waals surface area contributed by atoms with Gasteiger partial charge in [-0.05, 0) is 31.5 Å². The molecule has 2 N–H and O–H groups in total. The number of halogens is 3. The number of alkyl halides is 3. The number of nitrogens with one attached hydrogen (secondary N) is 2. The molecule has 2 heterocycles. The number of thioether (sulfide) groups is 1. The third kappa shape index (κ3) is 4.16. The molecule has 0 saturated heterocycles. The molecule has 0 fully saturated rings. The van der Waals surface area contributed by atoms with Gasteiger partial charge in [0.15, 0.2) is 5.16 Å². The van der Waals surface area contributed by atoms with Crippen LogP contribution in [0.3, 0.4) is 0 Å². The first-order valence-corrected chi connectivity index (χ1v) is 9.56. The number of carbonyl (C=O) groups is 1. The van der Waals surface area contributed by atoms with E-state index in [9.17, 15) is 22.8 Å². The maximum Gasteiger partial charge on any atom is 0.418 e. The summed E-state index contributed by atoms with van der Waals surface area (Å²) in [7, 11) is 0. The maximum atomic E-state index is 13.0. The molecule has 0 spiro atoms. The standard InChI is InChI=1S/C17H14F3N3O2S2/c1-8-9(2)27-15-13(8)14(25)22-16(23-15)26-7-12(24)21-11-6-4-3-5-10(11)17(18,19)20/h3-6H,7H2,1-2H3,(H,21,24)(H,22,23,25). The second-order valence-corrected chi connectivity index (χ2v) is 7.88. The minimum Gasteiger partial charge on any atom is -0.325 e. The Morgan fingerprint density at radius 2 is 2.00 bits per heavy atom. The Hall–Kier alpha value is -2.33. The zero-order valence-corrected chi connectivity index (χ0v) is 15.9. The van der Waals surface area contributed by atoms with E-state index >= 15 is 0 Å². The van der Waals surface area contributed by atoms with Gasteiger partial charge in [0, 0.05) is 4.88 Å². The molecule has 142 valence electrons. The highest BCUT2D eigenvalue weighted by Gasteiger charge is 2.33. The molecule has 10 heteroatoms. The van der Waals surface area contributed by atoms with E-state index in [1.54, 1.807) is 0 Å². The molecule has 0 radical (unpaired) electrons. The SMILES string of the molecule is Cc1sc2nc(SCC(=O)Nc3ccccc3C(F)(F)F)[nH]c(=O)c2c1C. The molecule has 0 aliphatic rings. The molecule has 0 saturated carbocycles. The maximum absolute atomic E-state index is 13.0. The van der Waals surface area contributed by atoms with Crippen molar-refractivity contribution in [3.63, 3.8) is 0 Å². The minimum absolute atomic E-state index is 0.190. The topological polar surface area (TPSA) is 74.8 Å². The summed E-state index contributed by atoms with van der Waals surface area (Å²) in [4.78, 5) is 32.7. The fourth-order valence-corrected chi connectivity index (χ4v) is 4.21. The van der Waals surface area contributed by atoms with Crippen molar-refractivity contribution in [3.05, 3.63) is 50.6 Å². The van der Waals surface area contributed by atoms with Crippen molar-refractivity contribution in [2.45, 2.75) is 25.2 Å². The monoisotopic (exact) mass is 413 g/mol. The van der Waals surface area contributed by atoms with Gasteiger partial charge in [0.2, 0.25) is 5.91 Å². The lowest BCUT2D eigenvalue weighted by Crippen LogP contribution is -2.18. The number of amides is 1. The lowest BCUT2D eigenvalue weighted by Gasteiger charge is -2.13. The number of benzene rings is 1. The van der Waals surface area contributed by atoms with Gasteiger partial charge in [-0.2, -0.15) is 13.2 Å². The molecule has 0 atom stereocenters. The second kappa shape index (κ2) is 7.35. The van der Waals surface area contributed by atoms with Crippen LogP contribution in [0.5, 0.6) is 0 Å². The van der Waals surface area contributed by atoms with Crippen molar-refractivity contribution in [1.82, 2.24) is 9.97 Å². The average Bonchev–Trinajstić information content (AvgIpc) is 2.87. The number of rotatable bonds is 4. The molecule has 27 heavy (non-hydrogen) atoms. The number of H-pyrrole nitrogens is 1. The van der Waals surface area contributed by atoms with Crippen LogP contribution in [0.15, 0.2) is 34.2 Å². The molecule has 3 aromatic rings. The highest BCUT2D eigenvalue weighted by atomic mass is 32.2. The first-order valence-electron chi connectivity index (χ1n) is 7.75.